The summed E-state index contributed by atoms with van der Waals surface area (Å²) in [7, 11) is -4.17. The average molecular weight is 491 g/mol. The molecule has 0 radical (unpaired) electrons. The molecule has 35 heavy (non-hydrogen) atoms. The van der Waals surface area contributed by atoms with Gasteiger partial charge in [-0.15, -0.1) is 0 Å². The zero-order chi connectivity index (χ0) is 25.2. The first-order chi connectivity index (χ1) is 16.7. The highest BCUT2D eigenvalue weighted by atomic mass is 32.2. The summed E-state index contributed by atoms with van der Waals surface area (Å²) in [4.78, 5) is 39.6. The molecule has 0 N–H and O–H groups in total. The molecule has 1 heterocycles. The Kier molecular flexibility index (Phi) is 6.84. The van der Waals surface area contributed by atoms with Gasteiger partial charge in [0, 0.05) is 13.0 Å². The van der Waals surface area contributed by atoms with Crippen LogP contribution in [0.3, 0.4) is 0 Å². The molecule has 3 aromatic rings. The number of benzene rings is 3. The molecule has 0 saturated heterocycles. The number of amides is 3. The van der Waals surface area contributed by atoms with E-state index in [1.54, 1.807) is 60.7 Å². The van der Waals surface area contributed by atoms with Gasteiger partial charge in [0.05, 0.1) is 21.7 Å². The molecule has 0 spiro atoms. The second kappa shape index (κ2) is 9.84. The molecule has 3 amide bonds. The van der Waals surface area contributed by atoms with Crippen molar-refractivity contribution in [3.05, 3.63) is 95.1 Å². The Morgan fingerprint density at radius 3 is 1.97 bits per heavy atom. The number of sulfonamides is 1. The summed E-state index contributed by atoms with van der Waals surface area (Å²) in [5.74, 6) is -1.44. The number of fused-ring (bicyclic) bond motifs is 1. The Labute approximate surface area is 205 Å². The van der Waals surface area contributed by atoms with E-state index in [1.807, 2.05) is 13.8 Å². The van der Waals surface area contributed by atoms with Crippen molar-refractivity contribution in [3.63, 3.8) is 0 Å². The molecule has 0 bridgehead atoms. The summed E-state index contributed by atoms with van der Waals surface area (Å²) in [6.45, 7) is 3.85. The van der Waals surface area contributed by atoms with Gasteiger partial charge in [0.25, 0.3) is 21.8 Å². The van der Waals surface area contributed by atoms with Crippen LogP contribution < -0.4 is 4.31 Å². The lowest BCUT2D eigenvalue weighted by molar-refractivity contribution is -0.117. The number of rotatable bonds is 8. The fourth-order valence-corrected chi connectivity index (χ4v) is 5.48. The van der Waals surface area contributed by atoms with E-state index in [0.717, 1.165) is 26.8 Å². The van der Waals surface area contributed by atoms with Crippen LogP contribution >= 0.6 is 0 Å². The van der Waals surface area contributed by atoms with Gasteiger partial charge in [0.15, 0.2) is 0 Å². The number of hydrogen-bond acceptors (Lipinski definition) is 5. The first-order valence-electron chi connectivity index (χ1n) is 11.4. The van der Waals surface area contributed by atoms with Gasteiger partial charge in [0.2, 0.25) is 5.91 Å². The molecule has 1 aliphatic heterocycles. The molecule has 8 heteroatoms. The molecule has 0 aliphatic carbocycles. The zero-order valence-electron chi connectivity index (χ0n) is 19.6. The van der Waals surface area contributed by atoms with Crippen molar-refractivity contribution < 1.29 is 22.8 Å². The molecule has 7 nitrogen and oxygen atoms in total. The highest BCUT2D eigenvalue weighted by Crippen LogP contribution is 2.27. The van der Waals surface area contributed by atoms with E-state index in [9.17, 15) is 22.8 Å². The van der Waals surface area contributed by atoms with E-state index < -0.39 is 27.7 Å². The van der Waals surface area contributed by atoms with E-state index in [2.05, 4.69) is 0 Å². The first-order valence-corrected chi connectivity index (χ1v) is 12.9. The van der Waals surface area contributed by atoms with Crippen LogP contribution in [0.25, 0.3) is 0 Å². The van der Waals surface area contributed by atoms with E-state index in [4.69, 9.17) is 0 Å². The Balaban J connectivity index is 1.55. The molecular weight excluding hydrogens is 464 g/mol. The smallest absolute Gasteiger partial charge is 0.270 e. The maximum atomic E-state index is 13.5. The average Bonchev–Trinajstić information content (AvgIpc) is 3.10. The van der Waals surface area contributed by atoms with Gasteiger partial charge in [-0.1, -0.05) is 48.9 Å². The summed E-state index contributed by atoms with van der Waals surface area (Å²) in [5.41, 5.74) is 2.83. The van der Waals surface area contributed by atoms with Crippen LogP contribution in [-0.4, -0.2) is 37.6 Å². The third-order valence-electron chi connectivity index (χ3n) is 6.02. The molecule has 0 saturated carbocycles. The van der Waals surface area contributed by atoms with Crippen molar-refractivity contribution in [2.45, 2.75) is 38.0 Å². The monoisotopic (exact) mass is 490 g/mol. The van der Waals surface area contributed by atoms with Crippen molar-refractivity contribution in [1.82, 2.24) is 4.90 Å². The third kappa shape index (κ3) is 4.74. The normalized spacial score (nSPS) is 13.1. The molecule has 0 aromatic heterocycles. The van der Waals surface area contributed by atoms with Crippen LogP contribution in [0.4, 0.5) is 5.69 Å². The molecule has 180 valence electrons. The van der Waals surface area contributed by atoms with Gasteiger partial charge < -0.3 is 0 Å². The van der Waals surface area contributed by atoms with Crippen molar-refractivity contribution >= 4 is 33.4 Å². The van der Waals surface area contributed by atoms with Gasteiger partial charge in [-0.2, -0.15) is 0 Å². The maximum Gasteiger partial charge on any atom is 0.270 e. The number of carbonyl (C=O) groups excluding carboxylic acids is 3. The van der Waals surface area contributed by atoms with Gasteiger partial charge >= 0.3 is 0 Å². The minimum absolute atomic E-state index is 0.0105. The first kappa shape index (κ1) is 24.3. The fourth-order valence-electron chi connectivity index (χ4n) is 4.03. The Bertz CT molecular complexity index is 1340. The molecule has 4 rings (SSSR count). The molecule has 0 unspecified atom stereocenters. The highest BCUT2D eigenvalue weighted by Gasteiger charge is 2.35. The number of hydrogen-bond donors (Lipinski definition) is 0. The summed E-state index contributed by atoms with van der Waals surface area (Å²) < 4.78 is 27.8. The van der Waals surface area contributed by atoms with E-state index >= 15 is 0 Å². The summed E-state index contributed by atoms with van der Waals surface area (Å²) >= 11 is 0. The van der Waals surface area contributed by atoms with Gasteiger partial charge in [0.1, 0.15) is 0 Å². The van der Waals surface area contributed by atoms with Gasteiger partial charge in [-0.25, -0.2) is 12.7 Å². The Morgan fingerprint density at radius 2 is 1.43 bits per heavy atom. The van der Waals surface area contributed by atoms with Gasteiger partial charge in [-0.05, 0) is 61.7 Å². The zero-order valence-corrected chi connectivity index (χ0v) is 20.4. The largest absolute Gasteiger partial charge is 0.274 e. The lowest BCUT2D eigenvalue weighted by atomic mass is 10.1. The molecule has 1 aliphatic rings. The lowest BCUT2D eigenvalue weighted by Crippen LogP contribution is -2.38. The predicted octanol–water partition coefficient (Wildman–Crippen LogP) is 4.36. The summed E-state index contributed by atoms with van der Waals surface area (Å²) in [6.07, 6.45) is 0.754. The number of aryl methyl sites for hydroxylation is 2. The van der Waals surface area contributed by atoms with Crippen LogP contribution in [0.5, 0.6) is 0 Å². The summed E-state index contributed by atoms with van der Waals surface area (Å²) in [6, 6.07) is 19.7. The maximum absolute atomic E-state index is 13.5. The standard InChI is InChI=1S/C27H26N2O5S/c1-3-20-12-14-21(15-13-20)29(35(33,34)22-16-10-19(2)11-17-22)25(30)9-6-18-28-26(31)23-7-4-5-8-24(23)27(28)32/h4-5,7-8,10-17H,3,6,9,18H2,1-2H3. The number of anilines is 1. The number of nitrogens with zero attached hydrogens (tertiary/aromatic N) is 2. The van der Waals surface area contributed by atoms with Crippen LogP contribution in [0.1, 0.15) is 51.6 Å². The Morgan fingerprint density at radius 1 is 0.857 bits per heavy atom. The van der Waals surface area contributed by atoms with Crippen LogP contribution in [0.2, 0.25) is 0 Å². The molecular formula is C27H26N2O5S. The third-order valence-corrected chi connectivity index (χ3v) is 7.78. The van der Waals surface area contributed by atoms with E-state index in [1.165, 1.54) is 12.1 Å². The van der Waals surface area contributed by atoms with Crippen molar-refractivity contribution in [2.24, 2.45) is 0 Å². The molecule has 0 atom stereocenters. The highest BCUT2D eigenvalue weighted by molar-refractivity contribution is 7.93. The summed E-state index contributed by atoms with van der Waals surface area (Å²) in [5, 5.41) is 0. The van der Waals surface area contributed by atoms with Crippen LogP contribution in [-0.2, 0) is 21.2 Å². The minimum atomic E-state index is -4.17. The van der Waals surface area contributed by atoms with E-state index in [-0.39, 0.29) is 30.0 Å². The predicted molar refractivity (Wildman–Crippen MR) is 133 cm³/mol. The SMILES string of the molecule is CCc1ccc(N(C(=O)CCCN2C(=O)c3ccccc3C2=O)S(=O)(=O)c2ccc(C)cc2)cc1. The molecule has 3 aromatic carbocycles. The van der Waals surface area contributed by atoms with E-state index in [0.29, 0.717) is 11.1 Å². The minimum Gasteiger partial charge on any atom is -0.274 e. The number of carbonyl (C=O) groups is 3. The number of imide groups is 1. The second-order valence-electron chi connectivity index (χ2n) is 8.41. The van der Waals surface area contributed by atoms with Crippen LogP contribution in [0, 0.1) is 6.92 Å². The fraction of sp³-hybridized carbons (Fsp3) is 0.222. The van der Waals surface area contributed by atoms with Crippen molar-refractivity contribution in [2.75, 3.05) is 10.8 Å². The Hall–Kier alpha value is -3.78. The lowest BCUT2D eigenvalue weighted by Gasteiger charge is -2.23. The molecule has 0 fully saturated rings. The topological polar surface area (TPSA) is 91.8 Å². The van der Waals surface area contributed by atoms with Gasteiger partial charge in [-0.3, -0.25) is 19.3 Å². The van der Waals surface area contributed by atoms with Crippen molar-refractivity contribution in [3.8, 4) is 0 Å². The quantitative estimate of drug-likeness (QED) is 0.438. The van der Waals surface area contributed by atoms with Crippen LogP contribution in [0.15, 0.2) is 77.7 Å². The second-order valence-corrected chi connectivity index (χ2v) is 10.2. The van der Waals surface area contributed by atoms with Crippen molar-refractivity contribution in [1.29, 1.82) is 0 Å².